The maximum atomic E-state index is 12.2. The molecule has 0 bridgehead atoms. The van der Waals surface area contributed by atoms with Crippen molar-refractivity contribution in [3.8, 4) is 0 Å². The molecular weight excluding hydrogens is 384 g/mol. The van der Waals surface area contributed by atoms with Crippen molar-refractivity contribution in [1.29, 1.82) is 0 Å². The van der Waals surface area contributed by atoms with Gasteiger partial charge in [-0.05, 0) is 61.1 Å². The lowest BCUT2D eigenvalue weighted by atomic mass is 10.0. The van der Waals surface area contributed by atoms with E-state index >= 15 is 0 Å². The summed E-state index contributed by atoms with van der Waals surface area (Å²) in [5, 5.41) is 0.233. The number of anilines is 1. The number of amides is 1. The predicted octanol–water partition coefficient (Wildman–Crippen LogP) is 3.73. The topological polar surface area (TPSA) is 58.6 Å². The highest BCUT2D eigenvalue weighted by Crippen LogP contribution is 2.28. The normalized spacial score (nSPS) is 16.3. The Morgan fingerprint density at radius 3 is 2.61 bits per heavy atom. The van der Waals surface area contributed by atoms with Crippen LogP contribution < -0.4 is 4.90 Å². The maximum Gasteiger partial charge on any atom is 0.410 e. The van der Waals surface area contributed by atoms with E-state index in [0.29, 0.717) is 0 Å². The molecule has 6 nitrogen and oxygen atoms in total. The van der Waals surface area contributed by atoms with Crippen LogP contribution in [0.3, 0.4) is 0 Å². The average molecular weight is 406 g/mol. The number of aromatic nitrogens is 2. The summed E-state index contributed by atoms with van der Waals surface area (Å²) >= 11 is 9.34. The van der Waals surface area contributed by atoms with E-state index in [-0.39, 0.29) is 17.4 Å². The van der Waals surface area contributed by atoms with E-state index in [1.165, 1.54) is 0 Å². The van der Waals surface area contributed by atoms with E-state index in [0.717, 1.165) is 36.2 Å². The first-order valence-corrected chi connectivity index (χ1v) is 8.73. The van der Waals surface area contributed by atoms with Gasteiger partial charge in [-0.2, -0.15) is 4.98 Å². The minimum absolute atomic E-state index is 0.164. The summed E-state index contributed by atoms with van der Waals surface area (Å²) in [4.78, 5) is 24.2. The third kappa shape index (κ3) is 4.94. The van der Waals surface area contributed by atoms with E-state index in [1.807, 2.05) is 20.8 Å². The number of piperidine rings is 1. The SMILES string of the molecule is CN(C(=O)OC(C)(C)C)C1CCN(c2nc(Cl)ncc2Br)CC1. The average Bonchev–Trinajstić information content (AvgIpc) is 2.47. The van der Waals surface area contributed by atoms with E-state index in [2.05, 4.69) is 30.8 Å². The van der Waals surface area contributed by atoms with Gasteiger partial charge >= 0.3 is 6.09 Å². The first-order valence-electron chi connectivity index (χ1n) is 7.56. The Bertz CT molecular complexity index is 571. The number of hydrogen-bond donors (Lipinski definition) is 0. The van der Waals surface area contributed by atoms with Crippen molar-refractivity contribution >= 4 is 39.4 Å². The van der Waals surface area contributed by atoms with Gasteiger partial charge in [-0.3, -0.25) is 0 Å². The second-order valence-electron chi connectivity index (χ2n) is 6.62. The van der Waals surface area contributed by atoms with E-state index in [1.54, 1.807) is 18.1 Å². The summed E-state index contributed by atoms with van der Waals surface area (Å²) in [5.41, 5.74) is -0.478. The van der Waals surface area contributed by atoms with Gasteiger partial charge in [-0.1, -0.05) is 0 Å². The van der Waals surface area contributed by atoms with E-state index < -0.39 is 5.60 Å². The maximum absolute atomic E-state index is 12.2. The molecule has 0 radical (unpaired) electrons. The molecule has 0 atom stereocenters. The van der Waals surface area contributed by atoms with Crippen molar-refractivity contribution in [2.45, 2.75) is 45.3 Å². The van der Waals surface area contributed by atoms with Crippen molar-refractivity contribution in [1.82, 2.24) is 14.9 Å². The summed E-state index contributed by atoms with van der Waals surface area (Å²) in [6.45, 7) is 7.21. The van der Waals surface area contributed by atoms with Gasteiger partial charge in [-0.15, -0.1) is 0 Å². The van der Waals surface area contributed by atoms with Gasteiger partial charge in [0.25, 0.3) is 0 Å². The summed E-state index contributed by atoms with van der Waals surface area (Å²) < 4.78 is 6.25. The Morgan fingerprint density at radius 1 is 1.43 bits per heavy atom. The molecule has 1 amide bonds. The van der Waals surface area contributed by atoms with Gasteiger partial charge in [0.15, 0.2) is 0 Å². The molecule has 128 valence electrons. The third-order valence-corrected chi connectivity index (χ3v) is 4.43. The van der Waals surface area contributed by atoms with Crippen molar-refractivity contribution < 1.29 is 9.53 Å². The number of ether oxygens (including phenoxy) is 1. The molecule has 0 saturated carbocycles. The molecule has 0 spiro atoms. The number of carbonyl (C=O) groups is 1. The molecule has 1 aromatic rings. The van der Waals surface area contributed by atoms with Crippen molar-refractivity contribution in [2.75, 3.05) is 25.0 Å². The molecule has 2 rings (SSSR count). The largest absolute Gasteiger partial charge is 0.444 e. The fourth-order valence-electron chi connectivity index (χ4n) is 2.51. The minimum Gasteiger partial charge on any atom is -0.444 e. The Labute approximate surface area is 150 Å². The van der Waals surface area contributed by atoms with Crippen LogP contribution in [0.1, 0.15) is 33.6 Å². The highest BCUT2D eigenvalue weighted by molar-refractivity contribution is 9.10. The summed E-state index contributed by atoms with van der Waals surface area (Å²) in [6.07, 6.45) is 3.08. The van der Waals surface area contributed by atoms with Crippen LogP contribution >= 0.6 is 27.5 Å². The first-order chi connectivity index (χ1) is 10.7. The summed E-state index contributed by atoms with van der Waals surface area (Å²) in [5.74, 6) is 0.795. The van der Waals surface area contributed by atoms with Crippen LogP contribution in [0.5, 0.6) is 0 Å². The van der Waals surface area contributed by atoms with Crippen LogP contribution in [0.15, 0.2) is 10.7 Å². The Kier molecular flexibility index (Phi) is 5.73. The highest BCUT2D eigenvalue weighted by Gasteiger charge is 2.29. The van der Waals surface area contributed by atoms with Crippen molar-refractivity contribution in [3.63, 3.8) is 0 Å². The van der Waals surface area contributed by atoms with Gasteiger partial charge in [0.2, 0.25) is 5.28 Å². The molecule has 1 aliphatic rings. The zero-order valence-corrected chi connectivity index (χ0v) is 16.2. The Balaban J connectivity index is 1.95. The lowest BCUT2D eigenvalue weighted by Crippen LogP contribution is -2.47. The Morgan fingerprint density at radius 2 is 2.04 bits per heavy atom. The van der Waals surface area contributed by atoms with Crippen LogP contribution in [-0.2, 0) is 4.74 Å². The zero-order valence-electron chi connectivity index (χ0n) is 13.8. The second-order valence-corrected chi connectivity index (χ2v) is 7.81. The summed E-state index contributed by atoms with van der Waals surface area (Å²) in [7, 11) is 1.80. The van der Waals surface area contributed by atoms with Crippen molar-refractivity contribution in [2.24, 2.45) is 0 Å². The third-order valence-electron chi connectivity index (χ3n) is 3.69. The van der Waals surface area contributed by atoms with E-state index in [9.17, 15) is 4.79 Å². The molecule has 0 aromatic carbocycles. The van der Waals surface area contributed by atoms with Gasteiger partial charge in [-0.25, -0.2) is 9.78 Å². The number of rotatable bonds is 2. The number of carbonyl (C=O) groups excluding carboxylic acids is 1. The van der Waals surface area contributed by atoms with Crippen molar-refractivity contribution in [3.05, 3.63) is 16.0 Å². The molecule has 0 unspecified atom stereocenters. The molecule has 1 aliphatic heterocycles. The second kappa shape index (κ2) is 7.21. The van der Waals surface area contributed by atoms with E-state index in [4.69, 9.17) is 16.3 Å². The number of hydrogen-bond acceptors (Lipinski definition) is 5. The van der Waals surface area contributed by atoms with Gasteiger partial charge in [0, 0.05) is 32.4 Å². The summed E-state index contributed by atoms with van der Waals surface area (Å²) in [6, 6.07) is 0.164. The minimum atomic E-state index is -0.478. The molecule has 8 heteroatoms. The quantitative estimate of drug-likeness (QED) is 0.702. The monoisotopic (exact) mass is 404 g/mol. The Hall–Kier alpha value is -1.08. The van der Waals surface area contributed by atoms with Gasteiger partial charge in [0.05, 0.1) is 4.47 Å². The highest BCUT2D eigenvalue weighted by atomic mass is 79.9. The predicted molar refractivity (Wildman–Crippen MR) is 94.0 cm³/mol. The molecule has 2 heterocycles. The number of halogens is 2. The molecule has 23 heavy (non-hydrogen) atoms. The smallest absolute Gasteiger partial charge is 0.410 e. The molecule has 0 aliphatic carbocycles. The van der Waals surface area contributed by atoms with Crippen LogP contribution in [-0.4, -0.2) is 52.7 Å². The molecule has 1 aromatic heterocycles. The lowest BCUT2D eigenvalue weighted by Gasteiger charge is -2.37. The van der Waals surface area contributed by atoms with Crippen LogP contribution in [0.4, 0.5) is 10.6 Å². The fraction of sp³-hybridized carbons (Fsp3) is 0.667. The van der Waals surface area contributed by atoms with Crippen LogP contribution in [0.25, 0.3) is 0 Å². The van der Waals surface area contributed by atoms with Crippen LogP contribution in [0.2, 0.25) is 5.28 Å². The first kappa shape index (κ1) is 18.3. The molecular formula is C15H22BrClN4O2. The van der Waals surface area contributed by atoms with Gasteiger partial charge in [0.1, 0.15) is 11.4 Å². The molecule has 0 N–H and O–H groups in total. The molecule has 1 fully saturated rings. The van der Waals surface area contributed by atoms with Gasteiger partial charge < -0.3 is 14.5 Å². The molecule has 1 saturated heterocycles. The fourth-order valence-corrected chi connectivity index (χ4v) is 3.08. The zero-order chi connectivity index (χ0) is 17.2. The number of nitrogens with zero attached hydrogens (tertiary/aromatic N) is 4. The van der Waals surface area contributed by atoms with Crippen LogP contribution in [0, 0.1) is 0 Å². The standard InChI is InChI=1S/C15H22BrClN4O2/c1-15(2,3)23-14(22)20(4)10-5-7-21(8-6-10)12-11(16)9-18-13(17)19-12/h9-10H,5-8H2,1-4H3. The lowest BCUT2D eigenvalue weighted by molar-refractivity contribution is 0.0201.